The van der Waals surface area contributed by atoms with Crippen LogP contribution >= 0.6 is 15.9 Å². The SMILES string of the molecule is O=C(O)c1ccccc1OOCBr.[Na+].[O-]B(O)O. The van der Waals surface area contributed by atoms with Gasteiger partial charge in [-0.05, 0) is 12.1 Å². The minimum Gasteiger partial charge on any atom is -0.832 e. The summed E-state index contributed by atoms with van der Waals surface area (Å²) in [5.74, 6) is -0.858. The van der Waals surface area contributed by atoms with Gasteiger partial charge in [-0.25, -0.2) is 4.79 Å². The molecule has 1 aromatic rings. The second-order valence-electron chi connectivity index (χ2n) is 2.44. The Bertz CT molecular complexity index is 349. The second-order valence-corrected chi connectivity index (χ2v) is 2.90. The summed E-state index contributed by atoms with van der Waals surface area (Å²) in [6.07, 6.45) is 0. The summed E-state index contributed by atoms with van der Waals surface area (Å²) in [4.78, 5) is 19.9. The molecule has 0 atom stereocenters. The van der Waals surface area contributed by atoms with Crippen LogP contribution in [0.15, 0.2) is 24.3 Å². The number of benzene rings is 1. The number of aromatic carboxylic acids is 1. The van der Waals surface area contributed by atoms with E-state index in [-0.39, 0.29) is 46.4 Å². The summed E-state index contributed by atoms with van der Waals surface area (Å²) in [6.45, 7) is 0. The van der Waals surface area contributed by atoms with Crippen LogP contribution in [0.5, 0.6) is 5.75 Å². The summed E-state index contributed by atoms with van der Waals surface area (Å²) in [7, 11) is -2.42. The van der Waals surface area contributed by atoms with Gasteiger partial charge in [0.25, 0.3) is 0 Å². The van der Waals surface area contributed by atoms with Gasteiger partial charge in [-0.15, -0.1) is 0 Å². The molecule has 0 aromatic heterocycles. The fourth-order valence-electron chi connectivity index (χ4n) is 0.802. The molecule has 0 bridgehead atoms. The minimum atomic E-state index is -2.42. The predicted molar refractivity (Wildman–Crippen MR) is 59.1 cm³/mol. The fraction of sp³-hybridized carbons (Fsp3) is 0.125. The van der Waals surface area contributed by atoms with Crippen molar-refractivity contribution < 1.29 is 64.3 Å². The summed E-state index contributed by atoms with van der Waals surface area (Å²) in [6, 6.07) is 6.24. The standard InChI is InChI=1S/C8H7BrO4.BH2O3.Na/c9-5-12-13-7-4-2-1-3-6(7)8(10)11;2-1(3)4;/h1-4H,5H2,(H,10,11);2-3H;/q;-1;+1. The molecule has 0 aliphatic heterocycles. The number of rotatable bonds is 4. The van der Waals surface area contributed by atoms with Crippen LogP contribution < -0.4 is 39.5 Å². The van der Waals surface area contributed by atoms with Crippen LogP contribution in [0.4, 0.5) is 0 Å². The molecule has 0 fully saturated rings. The van der Waals surface area contributed by atoms with Crippen molar-refractivity contribution in [3.05, 3.63) is 29.8 Å². The molecule has 10 heteroatoms. The Balaban J connectivity index is 0. The monoisotopic (exact) mass is 330 g/mol. The average molecular weight is 331 g/mol. The third-order valence-electron chi connectivity index (χ3n) is 1.31. The van der Waals surface area contributed by atoms with Gasteiger partial charge in [-0.3, -0.25) is 0 Å². The smallest absolute Gasteiger partial charge is 0.832 e. The molecular formula is C8H9BBrNaO7. The first kappa shape index (κ1) is 20.2. The molecule has 0 aliphatic carbocycles. The Hall–Kier alpha value is -0.125. The minimum absolute atomic E-state index is 0. The predicted octanol–water partition coefficient (Wildman–Crippen LogP) is -3.63. The second kappa shape index (κ2) is 11.9. The van der Waals surface area contributed by atoms with Crippen molar-refractivity contribution in [3.63, 3.8) is 0 Å². The molecule has 94 valence electrons. The van der Waals surface area contributed by atoms with E-state index in [1.165, 1.54) is 12.1 Å². The fourth-order valence-corrected chi connectivity index (χ4v) is 0.895. The Morgan fingerprint density at radius 3 is 2.33 bits per heavy atom. The van der Waals surface area contributed by atoms with E-state index in [1.807, 2.05) is 0 Å². The number of para-hydroxylation sites is 1. The number of hydrogen-bond acceptors (Lipinski definition) is 6. The first-order chi connectivity index (χ1) is 7.99. The first-order valence-corrected chi connectivity index (χ1v) is 5.31. The number of carboxylic acids is 1. The van der Waals surface area contributed by atoms with Gasteiger partial charge in [0.2, 0.25) is 0 Å². The Morgan fingerprint density at radius 2 is 1.89 bits per heavy atom. The maximum absolute atomic E-state index is 10.6. The largest absolute Gasteiger partial charge is 1.00 e. The number of carbonyl (C=O) groups is 1. The maximum atomic E-state index is 10.6. The molecule has 1 rings (SSSR count). The van der Waals surface area contributed by atoms with Crippen LogP contribution in [0.2, 0.25) is 0 Å². The van der Waals surface area contributed by atoms with Gasteiger partial charge in [0, 0.05) is 0 Å². The van der Waals surface area contributed by atoms with Gasteiger partial charge < -0.3 is 25.1 Å². The van der Waals surface area contributed by atoms with Crippen LogP contribution in [0.1, 0.15) is 10.4 Å². The summed E-state index contributed by atoms with van der Waals surface area (Å²) >= 11 is 2.97. The van der Waals surface area contributed by atoms with Crippen molar-refractivity contribution in [1.82, 2.24) is 0 Å². The van der Waals surface area contributed by atoms with Crippen LogP contribution in [-0.2, 0) is 4.89 Å². The zero-order valence-corrected chi connectivity index (χ0v) is 13.0. The van der Waals surface area contributed by atoms with Crippen molar-refractivity contribution in [2.45, 2.75) is 0 Å². The van der Waals surface area contributed by atoms with E-state index < -0.39 is 13.3 Å². The Morgan fingerprint density at radius 1 is 1.39 bits per heavy atom. The van der Waals surface area contributed by atoms with Crippen molar-refractivity contribution in [3.8, 4) is 5.75 Å². The quantitative estimate of drug-likeness (QED) is 0.225. The number of carboxylic acid groups (broad SMARTS) is 1. The van der Waals surface area contributed by atoms with Crippen molar-refractivity contribution in [2.24, 2.45) is 0 Å². The van der Waals surface area contributed by atoms with E-state index in [9.17, 15) is 4.79 Å². The molecule has 0 saturated heterocycles. The Kier molecular flexibility index (Phi) is 13.4. The summed E-state index contributed by atoms with van der Waals surface area (Å²) < 4.78 is 0. The molecule has 7 nitrogen and oxygen atoms in total. The van der Waals surface area contributed by atoms with Gasteiger partial charge in [-0.1, -0.05) is 28.1 Å². The van der Waals surface area contributed by atoms with E-state index in [1.54, 1.807) is 12.1 Å². The zero-order chi connectivity index (χ0) is 13.3. The zero-order valence-electron chi connectivity index (χ0n) is 9.45. The third kappa shape index (κ3) is 9.86. The molecular weight excluding hydrogens is 322 g/mol. The average Bonchev–Trinajstić information content (AvgIpc) is 2.25. The number of halogens is 1. The van der Waals surface area contributed by atoms with E-state index in [0.717, 1.165) is 0 Å². The molecule has 18 heavy (non-hydrogen) atoms. The third-order valence-corrected chi connectivity index (χ3v) is 1.50. The molecule has 0 amide bonds. The van der Waals surface area contributed by atoms with Gasteiger partial charge in [0.05, 0.1) is 0 Å². The van der Waals surface area contributed by atoms with E-state index in [0.29, 0.717) is 0 Å². The molecule has 0 heterocycles. The topological polar surface area (TPSA) is 119 Å². The molecule has 0 aliphatic rings. The van der Waals surface area contributed by atoms with Gasteiger partial charge in [0.15, 0.2) is 5.75 Å². The molecule has 1 aromatic carbocycles. The number of alkyl halides is 1. The van der Waals surface area contributed by atoms with E-state index in [4.69, 9.17) is 25.1 Å². The molecule has 0 radical (unpaired) electrons. The molecule has 0 saturated carbocycles. The van der Waals surface area contributed by atoms with Crippen molar-refractivity contribution in [1.29, 1.82) is 0 Å². The van der Waals surface area contributed by atoms with Gasteiger partial charge in [-0.2, -0.15) is 4.89 Å². The van der Waals surface area contributed by atoms with E-state index >= 15 is 0 Å². The van der Waals surface area contributed by atoms with Crippen molar-refractivity contribution >= 4 is 29.2 Å². The van der Waals surface area contributed by atoms with Gasteiger partial charge in [0.1, 0.15) is 11.1 Å². The van der Waals surface area contributed by atoms with Gasteiger partial charge >= 0.3 is 42.8 Å². The van der Waals surface area contributed by atoms with Crippen LogP contribution in [0.25, 0.3) is 0 Å². The normalized spacial score (nSPS) is 8.44. The van der Waals surface area contributed by atoms with E-state index in [2.05, 4.69) is 20.8 Å². The van der Waals surface area contributed by atoms with Crippen LogP contribution in [0, 0.1) is 0 Å². The first-order valence-electron chi connectivity index (χ1n) is 4.18. The molecule has 0 unspecified atom stereocenters. The summed E-state index contributed by atoms with van der Waals surface area (Å²) in [5, 5.41) is 31.5. The molecule has 0 spiro atoms. The maximum Gasteiger partial charge on any atom is 1.00 e. The molecule has 3 N–H and O–H groups in total. The Labute approximate surface area is 134 Å². The van der Waals surface area contributed by atoms with Crippen molar-refractivity contribution in [2.75, 3.05) is 5.52 Å². The van der Waals surface area contributed by atoms with Crippen LogP contribution in [-0.4, -0.2) is 34.0 Å². The number of hydrogen-bond donors (Lipinski definition) is 3. The van der Waals surface area contributed by atoms with Crippen LogP contribution in [0.3, 0.4) is 0 Å². The summed E-state index contributed by atoms with van der Waals surface area (Å²) in [5.41, 5.74) is 0.254.